The predicted octanol–water partition coefficient (Wildman–Crippen LogP) is 33.0. The van der Waals surface area contributed by atoms with E-state index in [9.17, 15) is 0 Å². The van der Waals surface area contributed by atoms with Crippen molar-refractivity contribution in [2.75, 3.05) is 0 Å². The van der Waals surface area contributed by atoms with E-state index in [4.69, 9.17) is 24.9 Å². The summed E-state index contributed by atoms with van der Waals surface area (Å²) in [4.78, 5) is 27.9. The Bertz CT molecular complexity index is 10100. The van der Waals surface area contributed by atoms with Crippen LogP contribution in [0.4, 0.5) is 0 Å². The van der Waals surface area contributed by atoms with Crippen LogP contribution in [0.25, 0.3) is 212 Å². The molecular weight excluding hydrogens is 1820 g/mol. The summed E-state index contributed by atoms with van der Waals surface area (Å²) in [6.07, 6.45) is 2.39. The highest BCUT2D eigenvalue weighted by Crippen LogP contribution is 2.66. The molecule has 6 aromatic heterocycles. The molecule has 3 aliphatic heterocycles. The van der Waals surface area contributed by atoms with Crippen molar-refractivity contribution < 1.29 is 4.57 Å². The Morgan fingerprint density at radius 3 is 0.860 bits per heavy atom. The van der Waals surface area contributed by atoms with Crippen LogP contribution in [0.3, 0.4) is 0 Å². The molecule has 3 atom stereocenters. The Morgan fingerprint density at radius 2 is 0.447 bits per heavy atom. The molecular formula is C141H88N9+. The lowest BCUT2D eigenvalue weighted by atomic mass is 9.66. The molecule has 150 heavy (non-hydrogen) atoms. The van der Waals surface area contributed by atoms with Crippen molar-refractivity contribution in [3.05, 3.63) is 601 Å². The molecule has 9 heteroatoms. The smallest absolute Gasteiger partial charge is 0.309 e. The molecule has 9 heterocycles. The summed E-state index contributed by atoms with van der Waals surface area (Å²) in [5.74, 6) is 2.37. The van der Waals surface area contributed by atoms with E-state index in [0.717, 1.165) is 90.6 Å². The Kier molecular flexibility index (Phi) is 18.7. The summed E-state index contributed by atoms with van der Waals surface area (Å²) in [5, 5.41) is 7.58. The summed E-state index contributed by atoms with van der Waals surface area (Å²) in [6, 6.07) is 190. The van der Waals surface area contributed by atoms with E-state index in [1.165, 1.54) is 188 Å². The van der Waals surface area contributed by atoms with Crippen LogP contribution < -0.4 is 4.57 Å². The maximum atomic E-state index is 5.70. The van der Waals surface area contributed by atoms with Gasteiger partial charge in [-0.1, -0.05) is 467 Å². The average Bonchev–Trinajstić information content (AvgIpc) is 1.50. The topological polar surface area (TPSA) is 83.1 Å². The molecule has 27 aromatic rings. The zero-order valence-electron chi connectivity index (χ0n) is 81.3. The number of rotatable bonds is 9. The molecule has 0 amide bonds. The molecule has 0 bridgehead atoms. The molecule has 696 valence electrons. The van der Waals surface area contributed by atoms with Gasteiger partial charge in [-0.2, -0.15) is 4.57 Å². The number of fused-ring (bicyclic) bond motifs is 36. The summed E-state index contributed by atoms with van der Waals surface area (Å²) in [6.45, 7) is 0. The van der Waals surface area contributed by atoms with Crippen LogP contribution >= 0.6 is 0 Å². The molecule has 3 aliphatic carbocycles. The second-order valence-electron chi connectivity index (χ2n) is 39.9. The molecule has 33 rings (SSSR count). The first-order valence-corrected chi connectivity index (χ1v) is 51.6. The Labute approximate surface area is 866 Å². The standard InChI is InChI=1S/C47H30N3.2C47H29N3/c1-3-14-31(15-4-1)32-26-28-34(29-27-32)49-30-41-44(48-46(49)33-16-5-2-6-17-33)37-19-7-9-21-38(37)47(41)39-22-10-12-25-43(39)50-42-24-11-8-18-35(42)36-20-13-23-40(47)45(36)50;1-3-14-30(15-4-1)31-26-28-32(29-27-31)43-42-36-19-7-9-21-37(36)47(45(42)49-46(48-43)33-16-5-2-6-17-33)38-22-10-12-25-41(38)50-40-24-11-8-18-34(40)35-20-13-23-39(47)44(35)50;1-3-14-30(15-4-1)31-26-28-33(29-27-31)46-48-43(32-16-5-2-6-17-32)42-36-19-7-9-21-37(36)47(45(42)49-46)38-22-10-12-25-41(38)50-40-24-11-8-18-34(40)35-20-13-23-39(47)44(35)50/h1-30H;2*1-29H/q+1;;. The van der Waals surface area contributed by atoms with Crippen LogP contribution in [-0.2, 0) is 16.2 Å². The highest BCUT2D eigenvalue weighted by atomic mass is 15.1. The maximum absolute atomic E-state index is 5.70. The van der Waals surface area contributed by atoms with Crippen molar-refractivity contribution in [2.24, 2.45) is 0 Å². The zero-order chi connectivity index (χ0) is 98.4. The van der Waals surface area contributed by atoms with Crippen LogP contribution in [0.5, 0.6) is 0 Å². The molecule has 21 aromatic carbocycles. The van der Waals surface area contributed by atoms with E-state index in [2.05, 4.69) is 546 Å². The lowest BCUT2D eigenvalue weighted by molar-refractivity contribution is -0.587. The third-order valence-corrected chi connectivity index (χ3v) is 32.5. The summed E-state index contributed by atoms with van der Waals surface area (Å²) < 4.78 is 9.75. The van der Waals surface area contributed by atoms with Gasteiger partial charge in [-0.05, 0) is 160 Å². The van der Waals surface area contributed by atoms with Gasteiger partial charge in [-0.3, -0.25) is 0 Å². The highest BCUT2D eigenvalue weighted by Gasteiger charge is 2.58. The van der Waals surface area contributed by atoms with Gasteiger partial charge in [0.05, 0.1) is 100 Å². The third-order valence-electron chi connectivity index (χ3n) is 32.5. The van der Waals surface area contributed by atoms with Crippen LogP contribution in [0, 0.1) is 0 Å². The average molecular weight is 1910 g/mol. The lowest BCUT2D eigenvalue weighted by Gasteiger charge is -2.38. The molecule has 0 saturated carbocycles. The molecule has 9 nitrogen and oxygen atoms in total. The molecule has 3 spiro atoms. The van der Waals surface area contributed by atoms with Gasteiger partial charge >= 0.3 is 5.82 Å². The fraction of sp³-hybridized carbons (Fsp3) is 0.0213. The van der Waals surface area contributed by atoms with E-state index in [1.807, 2.05) is 6.07 Å². The molecule has 6 aliphatic rings. The molecule has 0 fully saturated rings. The number of benzene rings is 21. The normalized spacial score (nSPS) is 15.3. The summed E-state index contributed by atoms with van der Waals surface area (Å²) >= 11 is 0. The Hall–Kier alpha value is -19.7. The minimum Gasteiger partial charge on any atom is -0.309 e. The first-order chi connectivity index (χ1) is 74.5. The van der Waals surface area contributed by atoms with Crippen LogP contribution in [0.2, 0.25) is 0 Å². The van der Waals surface area contributed by atoms with Gasteiger partial charge in [0.2, 0.25) is 0 Å². The first-order valence-electron chi connectivity index (χ1n) is 51.6. The van der Waals surface area contributed by atoms with Gasteiger partial charge in [0.25, 0.3) is 0 Å². The van der Waals surface area contributed by atoms with Gasteiger partial charge in [0.15, 0.2) is 17.3 Å². The highest BCUT2D eigenvalue weighted by molar-refractivity contribution is 6.17. The fourth-order valence-electron chi connectivity index (χ4n) is 26.4. The van der Waals surface area contributed by atoms with E-state index in [-0.39, 0.29) is 0 Å². The number of nitrogens with zero attached hydrogens (tertiary/aromatic N) is 9. The quantitative estimate of drug-likeness (QED) is 0.135. The maximum Gasteiger partial charge on any atom is 0.336 e. The summed E-state index contributed by atoms with van der Waals surface area (Å²) in [5.41, 5.74) is 45.8. The third kappa shape index (κ3) is 12.0. The van der Waals surface area contributed by atoms with E-state index in [1.54, 1.807) is 0 Å². The number of hydrogen-bond donors (Lipinski definition) is 0. The van der Waals surface area contributed by atoms with Gasteiger partial charge in [-0.15, -0.1) is 0 Å². The van der Waals surface area contributed by atoms with E-state index >= 15 is 0 Å². The van der Waals surface area contributed by atoms with Crippen LogP contribution in [0.1, 0.15) is 67.0 Å². The van der Waals surface area contributed by atoms with Crippen molar-refractivity contribution in [2.45, 2.75) is 16.2 Å². The molecule has 0 saturated heterocycles. The van der Waals surface area contributed by atoms with Crippen LogP contribution in [-0.4, -0.2) is 38.6 Å². The molecule has 0 N–H and O–H groups in total. The van der Waals surface area contributed by atoms with Crippen molar-refractivity contribution in [1.82, 2.24) is 38.6 Å². The largest absolute Gasteiger partial charge is 0.336 e. The zero-order valence-corrected chi connectivity index (χ0v) is 81.3. The Morgan fingerprint density at radius 1 is 0.173 bits per heavy atom. The van der Waals surface area contributed by atoms with Crippen LogP contribution in [0.15, 0.2) is 534 Å². The lowest BCUT2D eigenvalue weighted by Crippen LogP contribution is -2.39. The molecule has 0 radical (unpaired) electrons. The second-order valence-corrected chi connectivity index (χ2v) is 39.9. The number of para-hydroxylation sites is 9. The van der Waals surface area contributed by atoms with E-state index in [0.29, 0.717) is 0 Å². The minimum atomic E-state index is -0.655. The Balaban J connectivity index is 0.000000101. The van der Waals surface area contributed by atoms with E-state index < -0.39 is 16.2 Å². The van der Waals surface area contributed by atoms with Gasteiger partial charge < -0.3 is 13.7 Å². The van der Waals surface area contributed by atoms with Crippen molar-refractivity contribution in [3.8, 4) is 146 Å². The van der Waals surface area contributed by atoms with Crippen molar-refractivity contribution >= 4 is 65.4 Å². The monoisotopic (exact) mass is 1910 g/mol. The number of hydrogen-bond acceptors (Lipinski definition) is 5. The van der Waals surface area contributed by atoms with Crippen molar-refractivity contribution in [3.63, 3.8) is 0 Å². The minimum absolute atomic E-state index is 0.569. The summed E-state index contributed by atoms with van der Waals surface area (Å²) in [7, 11) is 0. The second kappa shape index (κ2) is 33.2. The van der Waals surface area contributed by atoms with Gasteiger partial charge in [0.1, 0.15) is 11.9 Å². The SMILES string of the molecule is c1ccc(-c2ccc(-[n+]3cc4c(nc3-c3ccccc3)-c3ccccc3C43c4ccccc4-n4c5ccccc5c5cccc3c54)cc2)cc1.c1ccc(-c2ccc(-c3nc(-c4ccccc4)c4c(n3)C3(c5ccccc5-4)c4ccccc4-n4c5ccccc5c5cccc3c54)cc2)cc1.c1ccc(-c2ccc(-c3nc(-c4ccccc4)nc4c3-c3ccccc3C43c4ccccc4-n4c5ccccc5c5cccc3c54)cc2)cc1. The van der Waals surface area contributed by atoms with Gasteiger partial charge in [0, 0.05) is 71.3 Å². The number of aromatic nitrogens is 9. The molecule has 3 unspecified atom stereocenters. The van der Waals surface area contributed by atoms with Gasteiger partial charge in [-0.25, -0.2) is 19.9 Å². The van der Waals surface area contributed by atoms with Crippen molar-refractivity contribution in [1.29, 1.82) is 0 Å². The fourth-order valence-corrected chi connectivity index (χ4v) is 26.4. The first kappa shape index (κ1) is 84.7. The predicted molar refractivity (Wildman–Crippen MR) is 609 cm³/mol.